The standard InChI is InChI=1S/C11H17BrN2O2S/c1-6(2)9(16-4)10-13-7(5-15-3)8(12)11(17)14-10/h6,9H,5H2,1-4H3,(H,13,14,17). The van der Waals surface area contributed by atoms with Crippen LogP contribution in [0.2, 0.25) is 0 Å². The van der Waals surface area contributed by atoms with Crippen molar-refractivity contribution in [1.82, 2.24) is 9.97 Å². The molecule has 0 saturated heterocycles. The van der Waals surface area contributed by atoms with Crippen LogP contribution < -0.4 is 0 Å². The van der Waals surface area contributed by atoms with Crippen LogP contribution in [0.5, 0.6) is 0 Å². The molecular weight excluding hydrogens is 304 g/mol. The highest BCUT2D eigenvalue weighted by Crippen LogP contribution is 2.25. The molecule has 96 valence electrons. The fourth-order valence-corrected chi connectivity index (χ4v) is 2.13. The van der Waals surface area contributed by atoms with Crippen molar-refractivity contribution in [3.05, 3.63) is 20.6 Å². The molecule has 0 aliphatic heterocycles. The van der Waals surface area contributed by atoms with E-state index < -0.39 is 0 Å². The number of methoxy groups -OCH3 is 2. The van der Waals surface area contributed by atoms with Gasteiger partial charge in [-0.15, -0.1) is 0 Å². The third-order valence-corrected chi connectivity index (χ3v) is 3.78. The van der Waals surface area contributed by atoms with Gasteiger partial charge >= 0.3 is 0 Å². The topological polar surface area (TPSA) is 47.1 Å². The summed E-state index contributed by atoms with van der Waals surface area (Å²) in [4.78, 5) is 7.55. The third kappa shape index (κ3) is 3.58. The lowest BCUT2D eigenvalue weighted by Gasteiger charge is -2.19. The highest BCUT2D eigenvalue weighted by Gasteiger charge is 2.19. The monoisotopic (exact) mass is 320 g/mol. The molecule has 1 aromatic rings. The number of halogens is 1. The van der Waals surface area contributed by atoms with E-state index in [2.05, 4.69) is 39.7 Å². The van der Waals surface area contributed by atoms with Crippen molar-refractivity contribution >= 4 is 28.1 Å². The van der Waals surface area contributed by atoms with Gasteiger partial charge in [0.25, 0.3) is 0 Å². The second-order valence-corrected chi connectivity index (χ2v) is 5.23. The summed E-state index contributed by atoms with van der Waals surface area (Å²) in [5.74, 6) is 1.05. The van der Waals surface area contributed by atoms with Gasteiger partial charge in [-0.1, -0.05) is 26.1 Å². The van der Waals surface area contributed by atoms with E-state index in [-0.39, 0.29) is 6.10 Å². The second-order valence-electron chi connectivity index (χ2n) is 4.05. The fourth-order valence-electron chi connectivity index (χ4n) is 1.60. The number of rotatable bonds is 5. The first-order valence-electron chi connectivity index (χ1n) is 5.31. The molecule has 0 spiro atoms. The molecule has 17 heavy (non-hydrogen) atoms. The molecule has 0 aliphatic rings. The van der Waals surface area contributed by atoms with Gasteiger partial charge in [-0.3, -0.25) is 0 Å². The SMILES string of the molecule is COCc1[nH]c(C(OC)C(C)C)nc(=S)c1Br. The van der Waals surface area contributed by atoms with Crippen LogP contribution >= 0.6 is 28.1 Å². The maximum absolute atomic E-state index is 5.43. The number of nitrogens with zero attached hydrogens (tertiary/aromatic N) is 1. The Morgan fingerprint density at radius 2 is 2.06 bits per heavy atom. The Morgan fingerprint density at radius 1 is 1.41 bits per heavy atom. The Labute approximate surface area is 115 Å². The number of nitrogens with one attached hydrogen (secondary N) is 1. The molecule has 0 saturated carbocycles. The first-order valence-corrected chi connectivity index (χ1v) is 6.51. The molecule has 4 nitrogen and oxygen atoms in total. The van der Waals surface area contributed by atoms with Gasteiger partial charge in [-0.25, -0.2) is 4.98 Å². The normalized spacial score (nSPS) is 13.1. The van der Waals surface area contributed by atoms with Gasteiger partial charge in [-0.05, 0) is 21.8 Å². The molecule has 1 N–H and O–H groups in total. The molecule has 1 heterocycles. The van der Waals surface area contributed by atoms with Crippen LogP contribution in [0, 0.1) is 10.6 Å². The summed E-state index contributed by atoms with van der Waals surface area (Å²) < 4.78 is 11.8. The van der Waals surface area contributed by atoms with Crippen LogP contribution in [0.3, 0.4) is 0 Å². The van der Waals surface area contributed by atoms with E-state index in [0.717, 1.165) is 16.0 Å². The van der Waals surface area contributed by atoms with Crippen molar-refractivity contribution in [2.75, 3.05) is 14.2 Å². The van der Waals surface area contributed by atoms with Crippen molar-refractivity contribution in [2.24, 2.45) is 5.92 Å². The summed E-state index contributed by atoms with van der Waals surface area (Å²) in [6.07, 6.45) is -0.0968. The zero-order valence-electron chi connectivity index (χ0n) is 10.4. The summed E-state index contributed by atoms with van der Waals surface area (Å²) in [5, 5.41) is 0. The summed E-state index contributed by atoms with van der Waals surface area (Å²) >= 11 is 8.61. The number of aromatic nitrogens is 2. The lowest BCUT2D eigenvalue weighted by atomic mass is 10.1. The van der Waals surface area contributed by atoms with Crippen molar-refractivity contribution in [2.45, 2.75) is 26.6 Å². The molecule has 0 bridgehead atoms. The molecular formula is C11H17BrN2O2S. The van der Waals surface area contributed by atoms with Crippen LogP contribution in [0.25, 0.3) is 0 Å². The van der Waals surface area contributed by atoms with Crippen LogP contribution in [0.15, 0.2) is 4.47 Å². The number of hydrogen-bond acceptors (Lipinski definition) is 4. The Hall–Kier alpha value is -0.300. The van der Waals surface area contributed by atoms with Gasteiger partial charge in [0.1, 0.15) is 16.6 Å². The summed E-state index contributed by atoms with van der Waals surface area (Å²) in [5.41, 5.74) is 0.880. The zero-order valence-corrected chi connectivity index (χ0v) is 12.8. The van der Waals surface area contributed by atoms with Gasteiger partial charge in [0.2, 0.25) is 0 Å². The van der Waals surface area contributed by atoms with Crippen molar-refractivity contribution in [3.8, 4) is 0 Å². The lowest BCUT2D eigenvalue weighted by molar-refractivity contribution is 0.0567. The van der Waals surface area contributed by atoms with E-state index in [0.29, 0.717) is 17.2 Å². The second kappa shape index (κ2) is 6.58. The number of hydrogen-bond donors (Lipinski definition) is 1. The largest absolute Gasteiger partial charge is 0.378 e. The molecule has 1 rings (SSSR count). The van der Waals surface area contributed by atoms with E-state index in [1.807, 2.05) is 0 Å². The predicted octanol–water partition coefficient (Wildman–Crippen LogP) is 3.39. The van der Waals surface area contributed by atoms with E-state index in [4.69, 9.17) is 21.7 Å². The van der Waals surface area contributed by atoms with E-state index in [9.17, 15) is 0 Å². The molecule has 0 radical (unpaired) electrons. The minimum atomic E-state index is -0.0968. The summed E-state index contributed by atoms with van der Waals surface area (Å²) in [6.45, 7) is 4.60. The fraction of sp³-hybridized carbons (Fsp3) is 0.636. The molecule has 1 atom stereocenters. The van der Waals surface area contributed by atoms with Crippen LogP contribution in [-0.4, -0.2) is 24.2 Å². The third-order valence-electron chi connectivity index (χ3n) is 2.37. The van der Waals surface area contributed by atoms with Crippen LogP contribution in [-0.2, 0) is 16.1 Å². The van der Waals surface area contributed by atoms with Gasteiger partial charge in [-0.2, -0.15) is 0 Å². The van der Waals surface area contributed by atoms with E-state index in [1.54, 1.807) is 14.2 Å². The minimum Gasteiger partial charge on any atom is -0.378 e. The smallest absolute Gasteiger partial charge is 0.144 e. The van der Waals surface area contributed by atoms with Gasteiger partial charge in [0.15, 0.2) is 0 Å². The minimum absolute atomic E-state index is 0.0968. The van der Waals surface area contributed by atoms with E-state index >= 15 is 0 Å². The number of aromatic amines is 1. The van der Waals surface area contributed by atoms with Crippen LogP contribution in [0.1, 0.15) is 31.5 Å². The molecule has 6 heteroatoms. The predicted molar refractivity (Wildman–Crippen MR) is 72.4 cm³/mol. The number of ether oxygens (including phenoxy) is 2. The van der Waals surface area contributed by atoms with Crippen molar-refractivity contribution in [3.63, 3.8) is 0 Å². The summed E-state index contributed by atoms with van der Waals surface area (Å²) in [6, 6.07) is 0. The lowest BCUT2D eigenvalue weighted by Crippen LogP contribution is -2.14. The van der Waals surface area contributed by atoms with Crippen molar-refractivity contribution in [1.29, 1.82) is 0 Å². The van der Waals surface area contributed by atoms with Gasteiger partial charge in [0, 0.05) is 14.2 Å². The molecule has 0 fully saturated rings. The molecule has 0 amide bonds. The maximum atomic E-state index is 5.43. The highest BCUT2D eigenvalue weighted by atomic mass is 79.9. The van der Waals surface area contributed by atoms with Crippen molar-refractivity contribution < 1.29 is 9.47 Å². The van der Waals surface area contributed by atoms with E-state index in [1.165, 1.54) is 0 Å². The molecule has 1 unspecified atom stereocenters. The average molecular weight is 321 g/mol. The zero-order chi connectivity index (χ0) is 13.0. The van der Waals surface area contributed by atoms with Gasteiger partial charge < -0.3 is 14.5 Å². The molecule has 1 aromatic heterocycles. The quantitative estimate of drug-likeness (QED) is 0.845. The van der Waals surface area contributed by atoms with Gasteiger partial charge in [0.05, 0.1) is 16.8 Å². The Balaban J connectivity index is 3.21. The Morgan fingerprint density at radius 3 is 2.53 bits per heavy atom. The maximum Gasteiger partial charge on any atom is 0.144 e. The van der Waals surface area contributed by atoms with Crippen LogP contribution in [0.4, 0.5) is 0 Å². The average Bonchev–Trinajstić information content (AvgIpc) is 2.26. The number of H-pyrrole nitrogens is 1. The molecule has 0 aromatic carbocycles. The Kier molecular flexibility index (Phi) is 5.72. The highest BCUT2D eigenvalue weighted by molar-refractivity contribution is 9.10. The first kappa shape index (κ1) is 14.8. The molecule has 0 aliphatic carbocycles. The first-order chi connectivity index (χ1) is 8.01. The Bertz CT molecular complexity index is 434. The summed E-state index contributed by atoms with van der Waals surface area (Å²) in [7, 11) is 3.31.